The number of hydrogen-bond donors (Lipinski definition) is 0. The van der Waals surface area contributed by atoms with Crippen molar-refractivity contribution in [2.45, 2.75) is 39.5 Å². The van der Waals surface area contributed by atoms with Gasteiger partial charge in [-0.3, -0.25) is 4.79 Å². The molecule has 3 aromatic rings. The van der Waals surface area contributed by atoms with Gasteiger partial charge in [0, 0.05) is 24.3 Å². The van der Waals surface area contributed by atoms with Crippen LogP contribution >= 0.6 is 0 Å². The number of aryl methyl sites for hydroxylation is 2. The molecule has 144 valence electrons. The number of rotatable bonds is 4. The van der Waals surface area contributed by atoms with Crippen LogP contribution in [-0.4, -0.2) is 33.7 Å². The Morgan fingerprint density at radius 2 is 2.07 bits per heavy atom. The highest BCUT2D eigenvalue weighted by Crippen LogP contribution is 2.31. The highest BCUT2D eigenvalue weighted by molar-refractivity contribution is 5.95. The largest absolute Gasteiger partial charge is 0.472 e. The molecule has 1 aliphatic heterocycles. The van der Waals surface area contributed by atoms with Crippen molar-refractivity contribution >= 4 is 5.91 Å². The Labute approximate surface area is 165 Å². The maximum atomic E-state index is 13.1. The van der Waals surface area contributed by atoms with E-state index in [4.69, 9.17) is 9.52 Å². The molecule has 1 saturated heterocycles. The number of furan rings is 1. The quantitative estimate of drug-likeness (QED) is 0.695. The molecule has 5 nitrogen and oxygen atoms in total. The van der Waals surface area contributed by atoms with Gasteiger partial charge in [-0.2, -0.15) is 5.10 Å². The molecule has 1 amide bonds. The highest BCUT2D eigenvalue weighted by Gasteiger charge is 2.36. The molecule has 0 unspecified atom stereocenters. The van der Waals surface area contributed by atoms with Crippen molar-refractivity contribution in [3.8, 4) is 5.69 Å². The third-order valence-corrected chi connectivity index (χ3v) is 6.06. The molecule has 0 N–H and O–H groups in total. The average Bonchev–Trinajstić information content (AvgIpc) is 3.35. The molecule has 5 rings (SSSR count). The molecule has 3 heterocycles. The van der Waals surface area contributed by atoms with Gasteiger partial charge in [0.25, 0.3) is 5.91 Å². The first-order chi connectivity index (χ1) is 13.6. The smallest absolute Gasteiger partial charge is 0.274 e. The highest BCUT2D eigenvalue weighted by atomic mass is 16.3. The van der Waals surface area contributed by atoms with Crippen molar-refractivity contribution in [2.24, 2.45) is 5.92 Å². The van der Waals surface area contributed by atoms with Crippen molar-refractivity contribution < 1.29 is 9.21 Å². The van der Waals surface area contributed by atoms with E-state index >= 15 is 0 Å². The number of benzene rings is 1. The first-order valence-corrected chi connectivity index (χ1v) is 10.1. The summed E-state index contributed by atoms with van der Waals surface area (Å²) in [5.41, 5.74) is 7.76. The minimum atomic E-state index is 0.0881. The number of carbonyl (C=O) groups is 1. The van der Waals surface area contributed by atoms with Crippen LogP contribution in [0.3, 0.4) is 0 Å². The average molecular weight is 375 g/mol. The lowest BCUT2D eigenvalue weighted by Gasteiger charge is -2.39. The fourth-order valence-corrected chi connectivity index (χ4v) is 4.61. The van der Waals surface area contributed by atoms with Crippen LogP contribution in [0, 0.1) is 19.8 Å². The Morgan fingerprint density at radius 3 is 2.82 bits per heavy atom. The summed E-state index contributed by atoms with van der Waals surface area (Å²) in [5.74, 6) is 0.598. The number of likely N-dealkylation sites (tertiary alicyclic amines) is 1. The second-order valence-electron chi connectivity index (χ2n) is 8.24. The van der Waals surface area contributed by atoms with Gasteiger partial charge in [-0.05, 0) is 68.7 Å². The first kappa shape index (κ1) is 17.3. The van der Waals surface area contributed by atoms with E-state index < -0.39 is 0 Å². The Morgan fingerprint density at radius 1 is 1.21 bits per heavy atom. The van der Waals surface area contributed by atoms with Gasteiger partial charge in [0.2, 0.25) is 0 Å². The van der Waals surface area contributed by atoms with Crippen LogP contribution in [0.2, 0.25) is 0 Å². The fraction of sp³-hybridized carbons (Fsp3) is 0.391. The lowest BCUT2D eigenvalue weighted by atomic mass is 9.93. The SMILES string of the molecule is Cc1ccc(-n2nc(C(=O)N3CC(Cc4ccoc4)C3)c3c2CCC3)c(C)c1. The maximum Gasteiger partial charge on any atom is 0.274 e. The topological polar surface area (TPSA) is 51.3 Å². The third-order valence-electron chi connectivity index (χ3n) is 6.06. The standard InChI is InChI=1S/C23H25N3O2/c1-15-6-7-20(16(2)10-15)26-21-5-3-4-19(21)22(24-26)23(27)25-12-18(13-25)11-17-8-9-28-14-17/h6-10,14,18H,3-5,11-13H2,1-2H3. The summed E-state index contributed by atoms with van der Waals surface area (Å²) in [4.78, 5) is 15.1. The van der Waals surface area contributed by atoms with Gasteiger partial charge in [0.05, 0.1) is 18.2 Å². The summed E-state index contributed by atoms with van der Waals surface area (Å²) in [5, 5.41) is 4.81. The summed E-state index contributed by atoms with van der Waals surface area (Å²) in [6.45, 7) is 5.82. The van der Waals surface area contributed by atoms with Crippen LogP contribution in [0.25, 0.3) is 5.69 Å². The van der Waals surface area contributed by atoms with E-state index in [1.165, 1.54) is 22.4 Å². The number of aromatic nitrogens is 2. The first-order valence-electron chi connectivity index (χ1n) is 10.1. The second kappa shape index (κ2) is 6.66. The van der Waals surface area contributed by atoms with Crippen LogP contribution in [0.5, 0.6) is 0 Å². The van der Waals surface area contributed by atoms with Gasteiger partial charge in [-0.25, -0.2) is 4.68 Å². The van der Waals surface area contributed by atoms with Crippen LogP contribution in [0.1, 0.15) is 44.9 Å². The van der Waals surface area contributed by atoms with Crippen LogP contribution in [-0.2, 0) is 19.3 Å². The summed E-state index contributed by atoms with van der Waals surface area (Å²) < 4.78 is 7.17. The Balaban J connectivity index is 1.38. The molecule has 1 aliphatic carbocycles. The van der Waals surface area contributed by atoms with E-state index in [0.29, 0.717) is 11.6 Å². The van der Waals surface area contributed by atoms with Crippen molar-refractivity contribution in [2.75, 3.05) is 13.1 Å². The maximum absolute atomic E-state index is 13.1. The Bertz CT molecular complexity index is 1030. The van der Waals surface area contributed by atoms with Gasteiger partial charge in [-0.1, -0.05) is 17.7 Å². The third kappa shape index (κ3) is 2.86. The molecule has 0 radical (unpaired) electrons. The van der Waals surface area contributed by atoms with E-state index in [9.17, 15) is 4.79 Å². The van der Waals surface area contributed by atoms with Crippen LogP contribution in [0.4, 0.5) is 0 Å². The molecule has 28 heavy (non-hydrogen) atoms. The summed E-state index contributed by atoms with van der Waals surface area (Å²) in [7, 11) is 0. The molecule has 1 aromatic carbocycles. The lowest BCUT2D eigenvalue weighted by Crippen LogP contribution is -2.51. The molecule has 1 fully saturated rings. The number of fused-ring (bicyclic) bond motifs is 1. The molecule has 0 saturated carbocycles. The predicted octanol–water partition coefficient (Wildman–Crippen LogP) is 3.89. The number of nitrogens with zero attached hydrogens (tertiary/aromatic N) is 3. The van der Waals surface area contributed by atoms with Gasteiger partial charge in [-0.15, -0.1) is 0 Å². The Kier molecular flexibility index (Phi) is 4.11. The molecule has 5 heteroatoms. The molecular weight excluding hydrogens is 350 g/mol. The Hall–Kier alpha value is -2.82. The van der Waals surface area contributed by atoms with Gasteiger partial charge < -0.3 is 9.32 Å². The molecule has 0 bridgehead atoms. The summed E-state index contributed by atoms with van der Waals surface area (Å²) >= 11 is 0. The van der Waals surface area contributed by atoms with E-state index in [1.54, 1.807) is 12.5 Å². The zero-order chi connectivity index (χ0) is 19.3. The number of carbonyl (C=O) groups excluding carboxylic acids is 1. The van der Waals surface area contributed by atoms with E-state index in [2.05, 4.69) is 32.0 Å². The van der Waals surface area contributed by atoms with E-state index in [1.807, 2.05) is 15.6 Å². The number of hydrogen-bond acceptors (Lipinski definition) is 3. The summed E-state index contributed by atoms with van der Waals surface area (Å²) in [6.07, 6.45) is 7.51. The minimum Gasteiger partial charge on any atom is -0.472 e. The molecular formula is C23H25N3O2. The van der Waals surface area contributed by atoms with Crippen molar-refractivity contribution in [1.29, 1.82) is 0 Å². The molecule has 0 atom stereocenters. The fourth-order valence-electron chi connectivity index (χ4n) is 4.61. The van der Waals surface area contributed by atoms with Crippen LogP contribution in [0.15, 0.2) is 41.2 Å². The van der Waals surface area contributed by atoms with E-state index in [0.717, 1.165) is 50.0 Å². The second-order valence-corrected chi connectivity index (χ2v) is 8.24. The minimum absolute atomic E-state index is 0.0881. The predicted molar refractivity (Wildman–Crippen MR) is 107 cm³/mol. The van der Waals surface area contributed by atoms with Crippen molar-refractivity contribution in [3.05, 3.63) is 70.4 Å². The van der Waals surface area contributed by atoms with Gasteiger partial charge in [0.15, 0.2) is 5.69 Å². The van der Waals surface area contributed by atoms with Crippen molar-refractivity contribution in [1.82, 2.24) is 14.7 Å². The zero-order valence-electron chi connectivity index (χ0n) is 16.4. The van der Waals surface area contributed by atoms with Gasteiger partial charge in [0.1, 0.15) is 0 Å². The number of amides is 1. The molecule has 0 spiro atoms. The van der Waals surface area contributed by atoms with Crippen molar-refractivity contribution in [3.63, 3.8) is 0 Å². The van der Waals surface area contributed by atoms with Crippen LogP contribution < -0.4 is 0 Å². The molecule has 2 aromatic heterocycles. The normalized spacial score (nSPS) is 16.3. The zero-order valence-corrected chi connectivity index (χ0v) is 16.4. The lowest BCUT2D eigenvalue weighted by molar-refractivity contribution is 0.0493. The van der Waals surface area contributed by atoms with E-state index in [-0.39, 0.29) is 5.91 Å². The monoisotopic (exact) mass is 375 g/mol. The summed E-state index contributed by atoms with van der Waals surface area (Å²) in [6, 6.07) is 8.41. The molecule has 2 aliphatic rings. The van der Waals surface area contributed by atoms with Gasteiger partial charge >= 0.3 is 0 Å².